The fraction of sp³-hybridized carbons (Fsp3) is 0.294. The van der Waals surface area contributed by atoms with E-state index in [1.807, 2.05) is 18.3 Å². The Hall–Kier alpha value is -2.12. The molecule has 1 aliphatic rings. The number of imidazole rings is 1. The van der Waals surface area contributed by atoms with Crippen molar-refractivity contribution >= 4 is 17.8 Å². The number of hydrogen-bond acceptors (Lipinski definition) is 2. The number of nitrogens with one attached hydrogen (secondary N) is 2. The van der Waals surface area contributed by atoms with E-state index in [4.69, 9.17) is 17.5 Å². The molecule has 0 saturated carbocycles. The fourth-order valence-electron chi connectivity index (χ4n) is 3.17. The highest BCUT2D eigenvalue weighted by Crippen LogP contribution is 2.40. The van der Waals surface area contributed by atoms with Gasteiger partial charge in [-0.2, -0.15) is 5.26 Å². The zero-order valence-electron chi connectivity index (χ0n) is 11.9. The minimum absolute atomic E-state index is 0.513. The second-order valence-electron chi connectivity index (χ2n) is 5.59. The van der Waals surface area contributed by atoms with Crippen LogP contribution in [-0.2, 0) is 6.42 Å². The quantitative estimate of drug-likeness (QED) is 0.826. The lowest BCUT2D eigenvalue weighted by Crippen LogP contribution is -2.04. The van der Waals surface area contributed by atoms with Gasteiger partial charge in [0.1, 0.15) is 0 Å². The number of nitriles is 1. The number of allylic oxidation sites excluding steroid dienone is 2. The van der Waals surface area contributed by atoms with Gasteiger partial charge in [-0.15, -0.1) is 0 Å². The molecule has 1 aromatic carbocycles. The summed E-state index contributed by atoms with van der Waals surface area (Å²) in [5.41, 5.74) is 5.99. The highest BCUT2D eigenvalue weighted by atomic mass is 32.1. The van der Waals surface area contributed by atoms with Crippen molar-refractivity contribution in [1.82, 2.24) is 9.97 Å². The highest BCUT2D eigenvalue weighted by molar-refractivity contribution is 7.71. The maximum Gasteiger partial charge on any atom is 0.174 e. The summed E-state index contributed by atoms with van der Waals surface area (Å²) in [7, 11) is 0. The summed E-state index contributed by atoms with van der Waals surface area (Å²) < 4.78 is 0.684. The number of benzene rings is 1. The van der Waals surface area contributed by atoms with Crippen LogP contribution in [-0.4, -0.2) is 9.97 Å². The summed E-state index contributed by atoms with van der Waals surface area (Å²) in [4.78, 5) is 6.23. The van der Waals surface area contributed by atoms with Crippen molar-refractivity contribution in [2.75, 3.05) is 0 Å². The Kier molecular flexibility index (Phi) is 3.76. The van der Waals surface area contributed by atoms with E-state index in [1.165, 1.54) is 23.1 Å². The summed E-state index contributed by atoms with van der Waals surface area (Å²) in [6, 6.07) is 10.1. The number of hydrogen-bond donors (Lipinski definition) is 2. The third kappa shape index (κ3) is 2.84. The van der Waals surface area contributed by atoms with E-state index in [0.717, 1.165) is 18.5 Å². The van der Waals surface area contributed by atoms with Gasteiger partial charge in [0.05, 0.1) is 11.6 Å². The van der Waals surface area contributed by atoms with Crippen LogP contribution in [0.3, 0.4) is 0 Å². The summed E-state index contributed by atoms with van der Waals surface area (Å²) >= 11 is 5.09. The van der Waals surface area contributed by atoms with Crippen molar-refractivity contribution in [1.29, 1.82) is 5.26 Å². The van der Waals surface area contributed by atoms with Gasteiger partial charge in [0, 0.05) is 11.9 Å². The van der Waals surface area contributed by atoms with Crippen LogP contribution in [0, 0.1) is 22.0 Å². The van der Waals surface area contributed by atoms with Gasteiger partial charge in [-0.25, -0.2) is 0 Å². The molecule has 1 atom stereocenters. The molecule has 3 rings (SSSR count). The monoisotopic (exact) mass is 295 g/mol. The van der Waals surface area contributed by atoms with Gasteiger partial charge in [-0.3, -0.25) is 0 Å². The first kappa shape index (κ1) is 13.8. The molecule has 3 nitrogen and oxygen atoms in total. The number of nitrogens with zero attached hydrogens (tertiary/aromatic N) is 1. The van der Waals surface area contributed by atoms with Crippen molar-refractivity contribution < 1.29 is 0 Å². The van der Waals surface area contributed by atoms with E-state index >= 15 is 0 Å². The van der Waals surface area contributed by atoms with E-state index in [2.05, 4.69) is 35.1 Å². The minimum atomic E-state index is 0.513. The molecule has 0 aliphatic heterocycles. The third-order valence-corrected chi connectivity index (χ3v) is 4.40. The van der Waals surface area contributed by atoms with Crippen LogP contribution in [0.2, 0.25) is 0 Å². The second kappa shape index (κ2) is 5.71. The summed E-state index contributed by atoms with van der Waals surface area (Å²) in [5.74, 6) is 0.513. The molecule has 1 unspecified atom stereocenters. The third-order valence-electron chi connectivity index (χ3n) is 4.18. The number of aromatic amines is 2. The lowest BCUT2D eigenvalue weighted by molar-refractivity contribution is 0.632. The standard InChI is InChI=1S/C17H17N3S/c1-11-2-5-14(8-15-10-19-17(21)20-15)16(11)13-6-3-12(9-18)4-7-13/h3-4,6-7,10,14H,2,5,8H2,1H3,(H2,19,20,21). The molecule has 21 heavy (non-hydrogen) atoms. The molecule has 106 valence electrons. The van der Waals surface area contributed by atoms with Crippen LogP contribution in [0.1, 0.15) is 36.6 Å². The first-order valence-corrected chi connectivity index (χ1v) is 7.55. The Labute approximate surface area is 129 Å². The van der Waals surface area contributed by atoms with Crippen LogP contribution in [0.4, 0.5) is 0 Å². The maximum absolute atomic E-state index is 8.92. The van der Waals surface area contributed by atoms with Crippen LogP contribution < -0.4 is 0 Å². The molecule has 1 heterocycles. The molecule has 0 saturated heterocycles. The predicted molar refractivity (Wildman–Crippen MR) is 86.2 cm³/mol. The normalized spacial score (nSPS) is 18.0. The van der Waals surface area contributed by atoms with Crippen LogP contribution >= 0.6 is 12.2 Å². The van der Waals surface area contributed by atoms with E-state index in [9.17, 15) is 0 Å². The Morgan fingerprint density at radius 1 is 1.33 bits per heavy atom. The minimum Gasteiger partial charge on any atom is -0.337 e. The van der Waals surface area contributed by atoms with E-state index in [-0.39, 0.29) is 0 Å². The predicted octanol–water partition coefficient (Wildman–Crippen LogP) is 4.37. The van der Waals surface area contributed by atoms with Crippen molar-refractivity contribution in [2.45, 2.75) is 26.2 Å². The lowest BCUT2D eigenvalue weighted by atomic mass is 9.90. The Morgan fingerprint density at radius 3 is 2.71 bits per heavy atom. The van der Waals surface area contributed by atoms with Crippen molar-refractivity contribution in [2.24, 2.45) is 5.92 Å². The molecule has 0 amide bonds. The van der Waals surface area contributed by atoms with Crippen LogP contribution in [0.15, 0.2) is 36.0 Å². The summed E-state index contributed by atoms with van der Waals surface area (Å²) in [6.07, 6.45) is 5.25. The molecule has 2 N–H and O–H groups in total. The van der Waals surface area contributed by atoms with E-state index in [1.54, 1.807) is 0 Å². The molecular formula is C17H17N3S. The molecule has 2 aromatic rings. The molecule has 0 radical (unpaired) electrons. The zero-order valence-corrected chi connectivity index (χ0v) is 12.8. The van der Waals surface area contributed by atoms with E-state index in [0.29, 0.717) is 16.3 Å². The van der Waals surface area contributed by atoms with Crippen molar-refractivity contribution in [3.05, 3.63) is 57.6 Å². The average Bonchev–Trinajstić information content (AvgIpc) is 3.06. The fourth-order valence-corrected chi connectivity index (χ4v) is 3.36. The largest absolute Gasteiger partial charge is 0.337 e. The summed E-state index contributed by atoms with van der Waals surface area (Å²) in [5, 5.41) is 8.92. The second-order valence-corrected chi connectivity index (χ2v) is 6.00. The summed E-state index contributed by atoms with van der Waals surface area (Å²) in [6.45, 7) is 2.22. The molecule has 0 fully saturated rings. The first-order valence-electron chi connectivity index (χ1n) is 7.14. The average molecular weight is 295 g/mol. The van der Waals surface area contributed by atoms with Crippen molar-refractivity contribution in [3.63, 3.8) is 0 Å². The first-order chi connectivity index (χ1) is 10.2. The van der Waals surface area contributed by atoms with Crippen LogP contribution in [0.25, 0.3) is 5.57 Å². The molecule has 0 spiro atoms. The number of H-pyrrole nitrogens is 2. The Morgan fingerprint density at radius 2 is 2.10 bits per heavy atom. The lowest BCUT2D eigenvalue weighted by Gasteiger charge is -2.15. The van der Waals surface area contributed by atoms with E-state index < -0.39 is 0 Å². The van der Waals surface area contributed by atoms with Gasteiger partial charge in [0.2, 0.25) is 0 Å². The van der Waals surface area contributed by atoms with Gasteiger partial charge in [-0.05, 0) is 67.6 Å². The molecule has 4 heteroatoms. The van der Waals surface area contributed by atoms with Gasteiger partial charge in [0.25, 0.3) is 0 Å². The molecule has 1 aliphatic carbocycles. The van der Waals surface area contributed by atoms with Gasteiger partial charge in [0.15, 0.2) is 4.77 Å². The number of rotatable bonds is 3. The maximum atomic E-state index is 8.92. The SMILES string of the molecule is CC1=C(c2ccc(C#N)cc2)C(Cc2c[nH]c(=S)[nH]2)CC1. The van der Waals surface area contributed by atoms with Crippen molar-refractivity contribution in [3.8, 4) is 6.07 Å². The molecule has 0 bridgehead atoms. The zero-order chi connectivity index (χ0) is 14.8. The van der Waals surface area contributed by atoms with Gasteiger partial charge in [-0.1, -0.05) is 17.7 Å². The van der Waals surface area contributed by atoms with Gasteiger partial charge >= 0.3 is 0 Å². The molecular weight excluding hydrogens is 278 g/mol. The van der Waals surface area contributed by atoms with Crippen LogP contribution in [0.5, 0.6) is 0 Å². The van der Waals surface area contributed by atoms with Gasteiger partial charge < -0.3 is 9.97 Å². The Bertz CT molecular complexity index is 771. The Balaban J connectivity index is 1.88. The molecule has 1 aromatic heterocycles. The topological polar surface area (TPSA) is 55.4 Å². The highest BCUT2D eigenvalue weighted by Gasteiger charge is 2.25. The smallest absolute Gasteiger partial charge is 0.174 e. The number of aromatic nitrogens is 2.